The van der Waals surface area contributed by atoms with E-state index in [2.05, 4.69) is 137 Å². The number of methoxy groups -OCH3 is 1. The molecular formula is C44H42N2O3. The van der Waals surface area contributed by atoms with Gasteiger partial charge in [-0.05, 0) is 90.9 Å². The van der Waals surface area contributed by atoms with Crippen molar-refractivity contribution < 1.29 is 14.2 Å². The molecule has 2 aromatic heterocycles. The molecule has 1 aliphatic carbocycles. The number of hydrogen-bond acceptors (Lipinski definition) is 3. The van der Waals surface area contributed by atoms with Gasteiger partial charge in [0.2, 0.25) is 0 Å². The lowest BCUT2D eigenvalue weighted by Crippen LogP contribution is -2.09. The number of aromatic nitrogens is 2. The van der Waals surface area contributed by atoms with E-state index in [1.54, 1.807) is 7.11 Å². The molecule has 2 heterocycles. The minimum absolute atomic E-state index is 0.605. The number of rotatable bonds is 13. The van der Waals surface area contributed by atoms with Gasteiger partial charge >= 0.3 is 0 Å². The van der Waals surface area contributed by atoms with E-state index < -0.39 is 0 Å². The Morgan fingerprint density at radius 2 is 1.18 bits per heavy atom. The number of para-hydroxylation sites is 2. The second kappa shape index (κ2) is 14.3. The third kappa shape index (κ3) is 6.22. The molecule has 5 heteroatoms. The number of allylic oxidation sites excluding steroid dienone is 1. The van der Waals surface area contributed by atoms with Crippen LogP contribution < -0.4 is 0 Å². The van der Waals surface area contributed by atoms with E-state index in [1.807, 2.05) is 0 Å². The highest BCUT2D eigenvalue weighted by Crippen LogP contribution is 2.36. The smallest absolute Gasteiger partial charge is 0.0701 e. The second-order valence-corrected chi connectivity index (χ2v) is 12.8. The van der Waals surface area contributed by atoms with Gasteiger partial charge < -0.3 is 23.3 Å². The molecule has 0 saturated carbocycles. The predicted octanol–water partition coefficient (Wildman–Crippen LogP) is 9.97. The Hall–Kier alpha value is -4.94. The van der Waals surface area contributed by atoms with Gasteiger partial charge in [-0.25, -0.2) is 0 Å². The van der Waals surface area contributed by atoms with E-state index in [9.17, 15) is 0 Å². The number of nitrogens with zero attached hydrogens (tertiary/aromatic N) is 2. The van der Waals surface area contributed by atoms with Crippen molar-refractivity contribution in [2.45, 2.75) is 25.7 Å². The molecule has 5 aromatic carbocycles. The van der Waals surface area contributed by atoms with Crippen LogP contribution in [-0.2, 0) is 27.1 Å². The van der Waals surface area contributed by atoms with Crippen LogP contribution in [0, 0.1) is 0 Å². The molecule has 0 saturated heterocycles. The minimum atomic E-state index is 0.605. The van der Waals surface area contributed by atoms with Crippen LogP contribution in [0.5, 0.6) is 0 Å². The highest BCUT2D eigenvalue weighted by Gasteiger charge is 2.18. The molecule has 0 amide bonds. The maximum Gasteiger partial charge on any atom is 0.0701 e. The predicted molar refractivity (Wildman–Crippen MR) is 202 cm³/mol. The molecule has 1 aliphatic rings. The van der Waals surface area contributed by atoms with Crippen LogP contribution in [0.3, 0.4) is 0 Å². The molecule has 0 bridgehead atoms. The van der Waals surface area contributed by atoms with Crippen molar-refractivity contribution in [1.29, 1.82) is 0 Å². The van der Waals surface area contributed by atoms with E-state index in [0.717, 1.165) is 32.3 Å². The zero-order chi connectivity index (χ0) is 33.0. The first kappa shape index (κ1) is 31.3. The Bertz CT molecular complexity index is 2240. The molecule has 0 atom stereocenters. The quantitative estimate of drug-likeness (QED) is 0.117. The molecule has 0 radical (unpaired) electrons. The van der Waals surface area contributed by atoms with Gasteiger partial charge in [-0.3, -0.25) is 0 Å². The summed E-state index contributed by atoms with van der Waals surface area (Å²) in [6, 6.07) is 42.5. The number of ether oxygens (including phenoxy) is 3. The Morgan fingerprint density at radius 3 is 1.92 bits per heavy atom. The fourth-order valence-corrected chi connectivity index (χ4v) is 7.37. The van der Waals surface area contributed by atoms with Crippen molar-refractivity contribution in [3.63, 3.8) is 0 Å². The highest BCUT2D eigenvalue weighted by molar-refractivity contribution is 6.09. The number of aryl methyl sites for hydroxylation is 1. The lowest BCUT2D eigenvalue weighted by molar-refractivity contribution is 0.0244. The summed E-state index contributed by atoms with van der Waals surface area (Å²) in [5.41, 5.74) is 12.6. The van der Waals surface area contributed by atoms with Crippen molar-refractivity contribution in [1.82, 2.24) is 9.13 Å². The van der Waals surface area contributed by atoms with Crippen molar-refractivity contribution >= 4 is 38.8 Å². The third-order valence-electron chi connectivity index (χ3n) is 9.73. The maximum absolute atomic E-state index is 5.78. The van der Waals surface area contributed by atoms with Crippen LogP contribution in [0.15, 0.2) is 121 Å². The largest absolute Gasteiger partial charge is 0.382 e. The van der Waals surface area contributed by atoms with Crippen LogP contribution in [0.1, 0.15) is 29.7 Å². The minimum Gasteiger partial charge on any atom is -0.382 e. The van der Waals surface area contributed by atoms with Gasteiger partial charge in [0.25, 0.3) is 0 Å². The zero-order valence-corrected chi connectivity index (χ0v) is 28.1. The van der Waals surface area contributed by atoms with Gasteiger partial charge in [0.05, 0.1) is 43.0 Å². The summed E-state index contributed by atoms with van der Waals surface area (Å²) in [6.45, 7) is 3.18. The van der Waals surface area contributed by atoms with E-state index in [1.165, 1.54) is 72.0 Å². The molecule has 0 aliphatic heterocycles. The molecule has 0 unspecified atom stereocenters. The van der Waals surface area contributed by atoms with E-state index in [4.69, 9.17) is 14.2 Å². The van der Waals surface area contributed by atoms with E-state index >= 15 is 0 Å². The van der Waals surface area contributed by atoms with Gasteiger partial charge in [-0.2, -0.15) is 0 Å². The molecule has 7 aromatic rings. The molecule has 49 heavy (non-hydrogen) atoms. The second-order valence-electron chi connectivity index (χ2n) is 12.8. The summed E-state index contributed by atoms with van der Waals surface area (Å²) >= 11 is 0. The van der Waals surface area contributed by atoms with Crippen LogP contribution in [-0.4, -0.2) is 49.3 Å². The van der Waals surface area contributed by atoms with E-state index in [0.29, 0.717) is 26.4 Å². The van der Waals surface area contributed by atoms with Crippen molar-refractivity contribution in [2.24, 2.45) is 0 Å². The van der Waals surface area contributed by atoms with Gasteiger partial charge in [-0.1, -0.05) is 78.9 Å². The topological polar surface area (TPSA) is 37.6 Å². The standard InChI is InChI=1S/C44H42N2O3/c1-47-27-28-49-30-29-48-26-8-9-32-16-25-44-40(31-32)39-12-4-7-15-43(39)46(44)36-23-19-34(20-24-36)33-17-21-35(22-18-33)45-41-13-5-2-10-37(41)38-11-3-6-14-42(38)45/h2-5,7,10-13,15-25,31H,6,8-9,14,26-30H2,1H3. The Labute approximate surface area is 288 Å². The van der Waals surface area contributed by atoms with Crippen LogP contribution in [0.2, 0.25) is 0 Å². The van der Waals surface area contributed by atoms with Crippen LogP contribution in [0.25, 0.3) is 61.3 Å². The number of benzene rings is 5. The maximum atomic E-state index is 5.78. The molecule has 8 rings (SSSR count). The van der Waals surface area contributed by atoms with Gasteiger partial charge in [0, 0.05) is 52.5 Å². The van der Waals surface area contributed by atoms with Gasteiger partial charge in [0.15, 0.2) is 0 Å². The Morgan fingerprint density at radius 1 is 0.571 bits per heavy atom. The third-order valence-corrected chi connectivity index (χ3v) is 9.73. The lowest BCUT2D eigenvalue weighted by atomic mass is 10.0. The van der Waals surface area contributed by atoms with Crippen molar-refractivity contribution in [3.8, 4) is 22.5 Å². The van der Waals surface area contributed by atoms with Gasteiger partial charge in [0.1, 0.15) is 0 Å². The first-order valence-electron chi connectivity index (χ1n) is 17.5. The van der Waals surface area contributed by atoms with Gasteiger partial charge in [-0.15, -0.1) is 0 Å². The SMILES string of the molecule is COCCOCCOCCCc1ccc2c(c1)c1ccccc1n2-c1ccc(-c2ccc(-n3c4c(c5ccccc53)C=CCC4)cc2)cc1. The molecule has 0 spiro atoms. The van der Waals surface area contributed by atoms with Crippen LogP contribution >= 0.6 is 0 Å². The zero-order valence-electron chi connectivity index (χ0n) is 28.1. The average molecular weight is 647 g/mol. The summed E-state index contributed by atoms with van der Waals surface area (Å²) in [7, 11) is 1.68. The summed E-state index contributed by atoms with van der Waals surface area (Å²) in [5, 5.41) is 3.89. The first-order chi connectivity index (χ1) is 24.3. The van der Waals surface area contributed by atoms with Crippen molar-refractivity contribution in [2.75, 3.05) is 40.1 Å². The molecular weight excluding hydrogens is 604 g/mol. The van der Waals surface area contributed by atoms with E-state index in [-0.39, 0.29) is 0 Å². The summed E-state index contributed by atoms with van der Waals surface area (Å²) in [4.78, 5) is 0. The van der Waals surface area contributed by atoms with Crippen molar-refractivity contribution in [3.05, 3.63) is 138 Å². The molecule has 5 nitrogen and oxygen atoms in total. The molecule has 246 valence electrons. The average Bonchev–Trinajstić information content (AvgIpc) is 3.67. The molecule has 0 fully saturated rings. The highest BCUT2D eigenvalue weighted by atomic mass is 16.5. The first-order valence-corrected chi connectivity index (χ1v) is 17.5. The Balaban J connectivity index is 1.01. The summed E-state index contributed by atoms with van der Waals surface area (Å²) in [6.07, 6.45) is 8.70. The lowest BCUT2D eigenvalue weighted by Gasteiger charge is -2.14. The Kier molecular flexibility index (Phi) is 9.13. The normalized spacial score (nSPS) is 12.8. The fraction of sp³-hybridized carbons (Fsp3) is 0.227. The monoisotopic (exact) mass is 646 g/mol. The number of fused-ring (bicyclic) bond motifs is 6. The molecule has 0 N–H and O–H groups in total. The fourth-order valence-electron chi connectivity index (χ4n) is 7.37. The number of hydrogen-bond donors (Lipinski definition) is 0. The summed E-state index contributed by atoms with van der Waals surface area (Å²) < 4.78 is 21.1. The van der Waals surface area contributed by atoms with Crippen LogP contribution in [0.4, 0.5) is 0 Å². The summed E-state index contributed by atoms with van der Waals surface area (Å²) in [5.74, 6) is 0.